The Morgan fingerprint density at radius 3 is 2.24 bits per heavy atom. The van der Waals surface area contributed by atoms with Gasteiger partial charge in [0.2, 0.25) is 0 Å². The molecule has 4 rings (SSSR count). The van der Waals surface area contributed by atoms with Crippen molar-refractivity contribution in [1.82, 2.24) is 0 Å². The molecule has 13 atom stereocenters. The molecule has 0 bridgehead atoms. The van der Waals surface area contributed by atoms with Crippen molar-refractivity contribution in [3.05, 3.63) is 12.2 Å². The van der Waals surface area contributed by atoms with Gasteiger partial charge in [0.05, 0.1) is 23.9 Å². The normalized spacial score (nSPS) is 52.6. The lowest BCUT2D eigenvalue weighted by molar-refractivity contribution is -0.263. The van der Waals surface area contributed by atoms with Gasteiger partial charge in [0.25, 0.3) is 0 Å². The Kier molecular flexibility index (Phi) is 6.90. The summed E-state index contributed by atoms with van der Waals surface area (Å²) in [6.07, 6.45) is 7.95. The molecule has 0 aromatic carbocycles. The first kappa shape index (κ1) is 25.6. The zero-order valence-electron chi connectivity index (χ0n) is 21.3. The molecule has 0 saturated heterocycles. The predicted octanol–water partition coefficient (Wildman–Crippen LogP) is 3.52. The Morgan fingerprint density at radius 1 is 0.909 bits per heavy atom. The van der Waals surface area contributed by atoms with E-state index in [2.05, 4.69) is 46.8 Å². The Hall–Kier alpha value is -0.460. The minimum absolute atomic E-state index is 0.0158. The minimum Gasteiger partial charge on any atom is -0.396 e. The lowest BCUT2D eigenvalue weighted by atomic mass is 9.42. The summed E-state index contributed by atoms with van der Waals surface area (Å²) in [4.78, 5) is 0. The maximum absolute atomic E-state index is 12.3. The summed E-state index contributed by atoms with van der Waals surface area (Å²) >= 11 is 0. The van der Waals surface area contributed by atoms with E-state index in [1.807, 2.05) is 0 Å². The van der Waals surface area contributed by atoms with Crippen LogP contribution in [0, 0.1) is 52.3 Å². The highest BCUT2D eigenvalue weighted by Crippen LogP contribution is 2.69. The van der Waals surface area contributed by atoms with Crippen LogP contribution >= 0.6 is 0 Å². The molecule has 0 aromatic heterocycles. The van der Waals surface area contributed by atoms with E-state index in [0.717, 1.165) is 25.7 Å². The predicted molar refractivity (Wildman–Crippen MR) is 129 cm³/mol. The second-order valence-electron chi connectivity index (χ2n) is 13.1. The molecular weight excluding hydrogens is 416 g/mol. The van der Waals surface area contributed by atoms with E-state index in [-0.39, 0.29) is 59.0 Å². The van der Waals surface area contributed by atoms with Crippen LogP contribution in [0.2, 0.25) is 0 Å². The minimum atomic E-state index is -1.07. The van der Waals surface area contributed by atoms with Crippen LogP contribution in [0.5, 0.6) is 0 Å². The lowest BCUT2D eigenvalue weighted by Crippen LogP contribution is -2.68. The van der Waals surface area contributed by atoms with Gasteiger partial charge in [-0.15, -0.1) is 0 Å². The van der Waals surface area contributed by atoms with E-state index < -0.39 is 17.8 Å². The van der Waals surface area contributed by atoms with Crippen LogP contribution in [0.4, 0.5) is 0 Å². The third-order valence-corrected chi connectivity index (χ3v) is 11.3. The van der Waals surface area contributed by atoms with Crippen molar-refractivity contribution < 1.29 is 25.5 Å². The molecule has 0 spiro atoms. The van der Waals surface area contributed by atoms with Crippen molar-refractivity contribution in [3.8, 4) is 0 Å². The van der Waals surface area contributed by atoms with Crippen molar-refractivity contribution in [3.63, 3.8) is 0 Å². The van der Waals surface area contributed by atoms with Crippen molar-refractivity contribution in [2.24, 2.45) is 52.3 Å². The zero-order valence-corrected chi connectivity index (χ0v) is 21.3. The van der Waals surface area contributed by atoms with Gasteiger partial charge < -0.3 is 25.5 Å². The Labute approximate surface area is 200 Å². The van der Waals surface area contributed by atoms with E-state index in [4.69, 9.17) is 0 Å². The van der Waals surface area contributed by atoms with Gasteiger partial charge in [0, 0.05) is 18.9 Å². The topological polar surface area (TPSA) is 101 Å². The van der Waals surface area contributed by atoms with Gasteiger partial charge in [-0.1, -0.05) is 46.8 Å². The molecule has 5 nitrogen and oxygen atoms in total. The summed E-state index contributed by atoms with van der Waals surface area (Å²) in [5, 5.41) is 54.6. The van der Waals surface area contributed by atoms with E-state index in [1.54, 1.807) is 0 Å². The van der Waals surface area contributed by atoms with Gasteiger partial charge in [-0.3, -0.25) is 0 Å². The average Bonchev–Trinajstić information content (AvgIpc) is 3.03. The summed E-state index contributed by atoms with van der Waals surface area (Å²) in [6, 6.07) is 0. The quantitative estimate of drug-likeness (QED) is 0.401. The lowest BCUT2D eigenvalue weighted by Gasteiger charge is -2.66. The monoisotopic (exact) mass is 464 g/mol. The molecule has 0 aliphatic heterocycles. The van der Waals surface area contributed by atoms with Crippen LogP contribution in [0.1, 0.15) is 79.6 Å². The highest BCUT2D eigenvalue weighted by atomic mass is 16.3. The number of hydrogen-bond acceptors (Lipinski definition) is 5. The fraction of sp³-hybridized carbons (Fsp3) is 0.929. The molecule has 190 valence electrons. The molecule has 4 saturated carbocycles. The first-order valence-electron chi connectivity index (χ1n) is 13.4. The van der Waals surface area contributed by atoms with Gasteiger partial charge in [0.15, 0.2) is 0 Å². The summed E-state index contributed by atoms with van der Waals surface area (Å²) in [5.41, 5.74) is -1.46. The van der Waals surface area contributed by atoms with Gasteiger partial charge in [0.1, 0.15) is 0 Å². The van der Waals surface area contributed by atoms with Gasteiger partial charge in [-0.25, -0.2) is 0 Å². The average molecular weight is 465 g/mol. The first-order valence-corrected chi connectivity index (χ1v) is 13.4. The smallest absolute Gasteiger partial charge is 0.0763 e. The van der Waals surface area contributed by atoms with Crippen LogP contribution in [-0.4, -0.2) is 56.1 Å². The first-order chi connectivity index (χ1) is 15.4. The van der Waals surface area contributed by atoms with Crippen molar-refractivity contribution in [2.45, 2.75) is 103 Å². The van der Waals surface area contributed by atoms with Crippen molar-refractivity contribution in [1.29, 1.82) is 0 Å². The molecule has 0 unspecified atom stereocenters. The molecular formula is C28H48O5. The van der Waals surface area contributed by atoms with Crippen LogP contribution in [0.15, 0.2) is 12.2 Å². The molecule has 5 N–H and O–H groups in total. The molecule has 0 radical (unpaired) electrons. The summed E-state index contributed by atoms with van der Waals surface area (Å²) in [5.74, 6) is 0.872. The second kappa shape index (κ2) is 8.89. The molecule has 0 aromatic rings. The number of allylic oxidation sites excluding steroid dienone is 2. The highest BCUT2D eigenvalue weighted by molar-refractivity contribution is 5.20. The number of hydrogen-bond donors (Lipinski definition) is 5. The van der Waals surface area contributed by atoms with Gasteiger partial charge in [-0.2, -0.15) is 0 Å². The maximum atomic E-state index is 12.3. The van der Waals surface area contributed by atoms with E-state index in [1.165, 1.54) is 0 Å². The largest absolute Gasteiger partial charge is 0.396 e. The van der Waals surface area contributed by atoms with E-state index in [0.29, 0.717) is 25.2 Å². The summed E-state index contributed by atoms with van der Waals surface area (Å²) in [6.45, 7) is 11.1. The number of fused-ring (bicyclic) bond motifs is 5. The van der Waals surface area contributed by atoms with Gasteiger partial charge >= 0.3 is 0 Å². The highest BCUT2D eigenvalue weighted by Gasteiger charge is 2.70. The summed E-state index contributed by atoms with van der Waals surface area (Å²) < 4.78 is 0. The fourth-order valence-corrected chi connectivity index (χ4v) is 9.18. The number of aliphatic hydroxyl groups excluding tert-OH is 4. The van der Waals surface area contributed by atoms with E-state index in [9.17, 15) is 25.5 Å². The Morgan fingerprint density at radius 2 is 1.58 bits per heavy atom. The Balaban J connectivity index is 1.61. The molecule has 33 heavy (non-hydrogen) atoms. The molecule has 4 aliphatic rings. The molecule has 0 heterocycles. The van der Waals surface area contributed by atoms with Crippen LogP contribution < -0.4 is 0 Å². The summed E-state index contributed by atoms with van der Waals surface area (Å²) in [7, 11) is 0. The van der Waals surface area contributed by atoms with Crippen molar-refractivity contribution >= 4 is 0 Å². The molecule has 5 heteroatoms. The van der Waals surface area contributed by atoms with Crippen LogP contribution in [0.3, 0.4) is 0 Å². The standard InChI is InChI=1S/C28H48O5/c1-16(18(3)15-29)6-7-17(2)20-13-22(31)25-27(20,5)11-9-24-26(4)10-8-19(30)12-21(26)23(32)14-28(24,25)33/h6-7,16-25,29-33H,8-15H2,1-5H3/b7-6+/t16-,17-,18-,19+,20-,21-,22-,23+,24-,25-,26+,27-,28+/m1/s1. The van der Waals surface area contributed by atoms with Gasteiger partial charge in [-0.05, 0) is 84.9 Å². The van der Waals surface area contributed by atoms with Crippen molar-refractivity contribution in [2.75, 3.05) is 6.61 Å². The number of aliphatic hydroxyl groups is 5. The van der Waals surface area contributed by atoms with Crippen LogP contribution in [-0.2, 0) is 0 Å². The Bertz CT molecular complexity index is 740. The van der Waals surface area contributed by atoms with E-state index >= 15 is 0 Å². The maximum Gasteiger partial charge on any atom is 0.0763 e. The fourth-order valence-electron chi connectivity index (χ4n) is 9.18. The number of rotatable bonds is 5. The third kappa shape index (κ3) is 3.94. The van der Waals surface area contributed by atoms with Crippen LogP contribution in [0.25, 0.3) is 0 Å². The zero-order chi connectivity index (χ0) is 24.3. The third-order valence-electron chi connectivity index (χ3n) is 11.3. The molecule has 4 aliphatic carbocycles. The molecule has 0 amide bonds. The second-order valence-corrected chi connectivity index (χ2v) is 13.1. The SMILES string of the molecule is C[C@H](/C=C/[C@@H](C)[C@H]1C[C@@H](O)[C@@H]2[C@]1(C)CC[C@@H]1[C@@]3(C)CC[C@H](O)C[C@@H]3[C@@H](O)C[C@]12O)[C@H](C)CO. The molecule has 4 fully saturated rings.